The first kappa shape index (κ1) is 13.9. The Balaban J connectivity index is 2.06. The van der Waals surface area contributed by atoms with E-state index in [1.54, 1.807) is 12.1 Å². The molecular formula is C15H9ClF3NO. The Hall–Kier alpha value is -2.01. The van der Waals surface area contributed by atoms with E-state index in [2.05, 4.69) is 4.98 Å². The van der Waals surface area contributed by atoms with Crippen molar-refractivity contribution in [2.24, 2.45) is 0 Å². The molecule has 0 N–H and O–H groups in total. The van der Waals surface area contributed by atoms with E-state index in [1.165, 1.54) is 12.1 Å². The highest BCUT2D eigenvalue weighted by Crippen LogP contribution is 2.33. The molecule has 0 fully saturated rings. The van der Waals surface area contributed by atoms with Gasteiger partial charge in [-0.2, -0.15) is 13.2 Å². The fourth-order valence-corrected chi connectivity index (χ4v) is 2.19. The van der Waals surface area contributed by atoms with Gasteiger partial charge < -0.3 is 4.42 Å². The van der Waals surface area contributed by atoms with Gasteiger partial charge in [0.25, 0.3) is 0 Å². The third-order valence-electron chi connectivity index (χ3n) is 3.15. The summed E-state index contributed by atoms with van der Waals surface area (Å²) in [4.78, 5) is 4.26. The van der Waals surface area contributed by atoms with E-state index < -0.39 is 11.7 Å². The van der Waals surface area contributed by atoms with Gasteiger partial charge in [-0.25, -0.2) is 4.98 Å². The SMILES string of the molecule is Cc1ccc2oc(-c3ccc(C(F)(F)F)cc3)nc2c1Cl. The molecule has 1 heterocycles. The summed E-state index contributed by atoms with van der Waals surface area (Å²) in [5.41, 5.74) is 1.62. The van der Waals surface area contributed by atoms with Crippen LogP contribution in [0.25, 0.3) is 22.6 Å². The first-order valence-corrected chi connectivity index (χ1v) is 6.47. The lowest BCUT2D eigenvalue weighted by Gasteiger charge is -2.05. The van der Waals surface area contributed by atoms with Crippen LogP contribution in [0.4, 0.5) is 13.2 Å². The van der Waals surface area contributed by atoms with Crippen LogP contribution >= 0.6 is 11.6 Å². The van der Waals surface area contributed by atoms with Crippen LogP contribution in [0.15, 0.2) is 40.8 Å². The summed E-state index contributed by atoms with van der Waals surface area (Å²) in [5, 5.41) is 0.481. The first-order valence-electron chi connectivity index (χ1n) is 6.09. The molecular weight excluding hydrogens is 303 g/mol. The topological polar surface area (TPSA) is 26.0 Å². The Labute approximate surface area is 123 Å². The van der Waals surface area contributed by atoms with Crippen molar-refractivity contribution in [2.45, 2.75) is 13.1 Å². The van der Waals surface area contributed by atoms with Crippen molar-refractivity contribution in [1.82, 2.24) is 4.98 Å². The summed E-state index contributed by atoms with van der Waals surface area (Å²) in [5.74, 6) is 0.242. The monoisotopic (exact) mass is 311 g/mol. The molecule has 0 radical (unpaired) electrons. The van der Waals surface area contributed by atoms with Crippen LogP contribution in [-0.4, -0.2) is 4.98 Å². The molecule has 21 heavy (non-hydrogen) atoms. The van der Waals surface area contributed by atoms with E-state index in [4.69, 9.17) is 16.0 Å². The summed E-state index contributed by atoms with van der Waals surface area (Å²) in [6, 6.07) is 8.18. The summed E-state index contributed by atoms with van der Waals surface area (Å²) in [6.45, 7) is 1.84. The molecule has 0 bridgehead atoms. The summed E-state index contributed by atoms with van der Waals surface area (Å²) in [6.07, 6.45) is -4.36. The molecule has 0 aliphatic rings. The fraction of sp³-hybridized carbons (Fsp3) is 0.133. The Bertz CT molecular complexity index is 806. The Morgan fingerprint density at radius 2 is 1.71 bits per heavy atom. The number of aryl methyl sites for hydroxylation is 1. The highest BCUT2D eigenvalue weighted by Gasteiger charge is 2.30. The minimum atomic E-state index is -4.36. The van der Waals surface area contributed by atoms with E-state index in [-0.39, 0.29) is 5.89 Å². The van der Waals surface area contributed by atoms with Crippen LogP contribution in [0, 0.1) is 6.92 Å². The molecule has 108 valence electrons. The Kier molecular flexibility index (Phi) is 3.17. The number of benzene rings is 2. The fourth-order valence-electron chi connectivity index (χ4n) is 1.99. The second-order valence-electron chi connectivity index (χ2n) is 4.64. The van der Waals surface area contributed by atoms with Gasteiger partial charge in [0.05, 0.1) is 10.6 Å². The lowest BCUT2D eigenvalue weighted by molar-refractivity contribution is -0.137. The third kappa shape index (κ3) is 2.49. The van der Waals surface area contributed by atoms with Gasteiger partial charge in [0.2, 0.25) is 5.89 Å². The average molecular weight is 312 g/mol. The minimum absolute atomic E-state index is 0.242. The number of nitrogens with zero attached hydrogens (tertiary/aromatic N) is 1. The van der Waals surface area contributed by atoms with Gasteiger partial charge in [-0.3, -0.25) is 0 Å². The highest BCUT2D eigenvalue weighted by molar-refractivity contribution is 6.35. The van der Waals surface area contributed by atoms with Crippen molar-refractivity contribution in [3.05, 3.63) is 52.5 Å². The molecule has 2 nitrogen and oxygen atoms in total. The summed E-state index contributed by atoms with van der Waals surface area (Å²) < 4.78 is 43.1. The van der Waals surface area contributed by atoms with E-state index in [1.807, 2.05) is 6.92 Å². The van der Waals surface area contributed by atoms with Gasteiger partial charge in [-0.05, 0) is 42.8 Å². The molecule has 0 saturated heterocycles. The Morgan fingerprint density at radius 1 is 1.05 bits per heavy atom. The van der Waals surface area contributed by atoms with Gasteiger partial charge in [0, 0.05) is 5.56 Å². The average Bonchev–Trinajstić information content (AvgIpc) is 2.87. The van der Waals surface area contributed by atoms with Gasteiger partial charge in [-0.15, -0.1) is 0 Å². The van der Waals surface area contributed by atoms with Crippen molar-refractivity contribution in [2.75, 3.05) is 0 Å². The van der Waals surface area contributed by atoms with Crippen LogP contribution in [0.5, 0.6) is 0 Å². The lowest BCUT2D eigenvalue weighted by Crippen LogP contribution is -2.03. The molecule has 0 amide bonds. The number of alkyl halides is 3. The maximum atomic E-state index is 12.5. The van der Waals surface area contributed by atoms with Crippen molar-refractivity contribution in [3.63, 3.8) is 0 Å². The molecule has 3 aromatic rings. The van der Waals surface area contributed by atoms with Crippen LogP contribution in [0.3, 0.4) is 0 Å². The van der Waals surface area contributed by atoms with E-state index in [0.717, 1.165) is 17.7 Å². The molecule has 0 unspecified atom stereocenters. The number of hydrogen-bond acceptors (Lipinski definition) is 2. The van der Waals surface area contributed by atoms with Gasteiger partial charge in [0.1, 0.15) is 5.52 Å². The van der Waals surface area contributed by atoms with E-state index in [0.29, 0.717) is 21.7 Å². The number of rotatable bonds is 1. The molecule has 6 heteroatoms. The van der Waals surface area contributed by atoms with Crippen LogP contribution in [0.2, 0.25) is 5.02 Å². The number of fused-ring (bicyclic) bond motifs is 1. The summed E-state index contributed by atoms with van der Waals surface area (Å²) >= 11 is 6.14. The number of hydrogen-bond donors (Lipinski definition) is 0. The molecule has 2 aromatic carbocycles. The normalized spacial score (nSPS) is 12.0. The van der Waals surface area contributed by atoms with Crippen molar-refractivity contribution in [1.29, 1.82) is 0 Å². The summed E-state index contributed by atoms with van der Waals surface area (Å²) in [7, 11) is 0. The van der Waals surface area contributed by atoms with Gasteiger partial charge in [-0.1, -0.05) is 17.7 Å². The molecule has 0 saturated carbocycles. The number of aromatic nitrogens is 1. The van der Waals surface area contributed by atoms with Crippen molar-refractivity contribution >= 4 is 22.7 Å². The van der Waals surface area contributed by atoms with Gasteiger partial charge in [0.15, 0.2) is 5.58 Å². The maximum Gasteiger partial charge on any atom is 0.416 e. The van der Waals surface area contributed by atoms with Crippen LogP contribution in [-0.2, 0) is 6.18 Å². The second-order valence-corrected chi connectivity index (χ2v) is 5.02. The number of halogens is 4. The predicted molar refractivity (Wildman–Crippen MR) is 74.2 cm³/mol. The van der Waals surface area contributed by atoms with Crippen molar-refractivity contribution < 1.29 is 17.6 Å². The quantitative estimate of drug-likeness (QED) is 0.595. The van der Waals surface area contributed by atoms with Crippen molar-refractivity contribution in [3.8, 4) is 11.5 Å². The zero-order chi connectivity index (χ0) is 15.2. The van der Waals surface area contributed by atoms with Crippen LogP contribution in [0.1, 0.15) is 11.1 Å². The second kappa shape index (κ2) is 4.77. The number of oxazole rings is 1. The zero-order valence-electron chi connectivity index (χ0n) is 10.8. The predicted octanol–water partition coefficient (Wildman–Crippen LogP) is 5.48. The highest BCUT2D eigenvalue weighted by atomic mass is 35.5. The van der Waals surface area contributed by atoms with E-state index in [9.17, 15) is 13.2 Å². The third-order valence-corrected chi connectivity index (χ3v) is 3.63. The molecule has 0 aliphatic carbocycles. The zero-order valence-corrected chi connectivity index (χ0v) is 11.6. The molecule has 1 aromatic heterocycles. The Morgan fingerprint density at radius 3 is 2.33 bits per heavy atom. The van der Waals surface area contributed by atoms with Gasteiger partial charge >= 0.3 is 6.18 Å². The smallest absolute Gasteiger partial charge is 0.416 e. The molecule has 0 atom stereocenters. The largest absolute Gasteiger partial charge is 0.436 e. The standard InChI is InChI=1S/C15H9ClF3NO/c1-8-2-7-11-13(12(8)16)20-14(21-11)9-3-5-10(6-4-9)15(17,18)19/h2-7H,1H3. The van der Waals surface area contributed by atoms with Crippen LogP contribution < -0.4 is 0 Å². The molecule has 0 aliphatic heterocycles. The minimum Gasteiger partial charge on any atom is -0.436 e. The lowest BCUT2D eigenvalue weighted by atomic mass is 10.1. The molecule has 3 rings (SSSR count). The molecule has 0 spiro atoms. The van der Waals surface area contributed by atoms with E-state index >= 15 is 0 Å². The maximum absolute atomic E-state index is 12.5. The first-order chi connectivity index (χ1) is 9.86.